The van der Waals surface area contributed by atoms with Gasteiger partial charge in [-0.05, 0) is 13.3 Å². The molecule has 0 radical (unpaired) electrons. The van der Waals surface area contributed by atoms with Gasteiger partial charge in [0.05, 0.1) is 7.11 Å². The molecule has 0 spiro atoms. The normalized spacial score (nSPS) is 13.7. The number of rotatable bonds is 4. The van der Waals surface area contributed by atoms with E-state index in [1.54, 1.807) is 0 Å². The van der Waals surface area contributed by atoms with Gasteiger partial charge in [-0.3, -0.25) is 0 Å². The Balaban J connectivity index is 4.51. The number of carbonyl (C=O) groups excluding carboxylic acids is 1. The van der Waals surface area contributed by atoms with E-state index in [4.69, 9.17) is 11.6 Å². The first-order valence-electron chi connectivity index (χ1n) is 4.12. The second-order valence-electron chi connectivity index (χ2n) is 2.71. The van der Waals surface area contributed by atoms with Crippen LogP contribution in [-0.4, -0.2) is 24.1 Å². The highest BCUT2D eigenvalue weighted by Crippen LogP contribution is 2.07. The van der Waals surface area contributed by atoms with Crippen LogP contribution < -0.4 is 11.6 Å². The van der Waals surface area contributed by atoms with Gasteiger partial charge in [0, 0.05) is 12.2 Å². The Morgan fingerprint density at radius 2 is 2.23 bits per heavy atom. The molecule has 1 unspecified atom stereocenters. The summed E-state index contributed by atoms with van der Waals surface area (Å²) in [7, 11) is 1.29. The molecule has 0 saturated heterocycles. The van der Waals surface area contributed by atoms with Gasteiger partial charge >= 0.3 is 5.97 Å². The molecule has 0 aliphatic heterocycles. The van der Waals surface area contributed by atoms with Crippen LogP contribution in [0.4, 0.5) is 0 Å². The average molecular weight is 187 g/mol. The van der Waals surface area contributed by atoms with Crippen molar-refractivity contribution in [2.24, 2.45) is 11.6 Å². The van der Waals surface area contributed by atoms with Gasteiger partial charge in [0.2, 0.25) is 0 Å². The molecule has 0 aliphatic rings. The lowest BCUT2D eigenvalue weighted by molar-refractivity contribution is -0.138. The largest absolute Gasteiger partial charge is 0.464 e. The first-order chi connectivity index (χ1) is 6.08. The van der Waals surface area contributed by atoms with E-state index in [2.05, 4.69) is 4.74 Å². The molecule has 0 fully saturated rings. The highest BCUT2D eigenvalue weighted by molar-refractivity contribution is 5.87. The van der Waals surface area contributed by atoms with Gasteiger partial charge in [0.1, 0.15) is 0 Å². The first-order valence-corrected chi connectivity index (χ1v) is 4.12. The van der Waals surface area contributed by atoms with Crippen molar-refractivity contribution in [1.82, 2.24) is 5.01 Å². The number of hydrazine groups is 1. The summed E-state index contributed by atoms with van der Waals surface area (Å²) in [4.78, 5) is 11.1. The Bertz CT molecular complexity index is 204. The molecule has 0 aromatic rings. The molecule has 0 saturated carbocycles. The second kappa shape index (κ2) is 5.42. The predicted molar refractivity (Wildman–Crippen MR) is 50.1 cm³/mol. The van der Waals surface area contributed by atoms with Crippen molar-refractivity contribution in [3.05, 3.63) is 11.9 Å². The van der Waals surface area contributed by atoms with Gasteiger partial charge < -0.3 is 15.5 Å². The maximum Gasteiger partial charge on any atom is 0.357 e. The number of methoxy groups -OCH3 is 1. The Labute approximate surface area is 78.3 Å². The highest BCUT2D eigenvalue weighted by Gasteiger charge is 2.18. The Morgan fingerprint density at radius 3 is 2.54 bits per heavy atom. The number of nitrogens with zero attached hydrogens (tertiary/aromatic N) is 1. The Morgan fingerprint density at radius 1 is 1.69 bits per heavy atom. The number of esters is 1. The van der Waals surface area contributed by atoms with Crippen LogP contribution in [-0.2, 0) is 9.53 Å². The molecular formula is C8H17N3O2. The molecule has 5 heteroatoms. The molecule has 0 rings (SSSR count). The highest BCUT2D eigenvalue weighted by atomic mass is 16.5. The van der Waals surface area contributed by atoms with Gasteiger partial charge in [-0.1, -0.05) is 6.92 Å². The fourth-order valence-corrected chi connectivity index (χ4v) is 0.798. The molecule has 0 aliphatic carbocycles. The Hall–Kier alpha value is -1.23. The minimum Gasteiger partial charge on any atom is -0.464 e. The molecule has 76 valence electrons. The van der Waals surface area contributed by atoms with Crippen LogP contribution in [0.1, 0.15) is 20.3 Å². The van der Waals surface area contributed by atoms with Crippen LogP contribution in [0.15, 0.2) is 11.9 Å². The topological polar surface area (TPSA) is 81.6 Å². The number of hydrogen-bond donors (Lipinski definition) is 2. The van der Waals surface area contributed by atoms with Crippen LogP contribution in [0.5, 0.6) is 0 Å². The number of nitrogens with two attached hydrogens (primary N) is 2. The van der Waals surface area contributed by atoms with Crippen LogP contribution in [0.25, 0.3) is 0 Å². The zero-order valence-electron chi connectivity index (χ0n) is 8.28. The molecule has 1 atom stereocenters. The van der Waals surface area contributed by atoms with Gasteiger partial charge in [-0.2, -0.15) is 0 Å². The molecule has 0 aromatic heterocycles. The average Bonchev–Trinajstić information content (AvgIpc) is 2.17. The summed E-state index contributed by atoms with van der Waals surface area (Å²) in [6.07, 6.45) is 1.98. The van der Waals surface area contributed by atoms with Crippen LogP contribution in [0.3, 0.4) is 0 Å². The lowest BCUT2D eigenvalue weighted by Gasteiger charge is -2.25. The quantitative estimate of drug-likeness (QED) is 0.279. The summed E-state index contributed by atoms with van der Waals surface area (Å²) in [5.74, 6) is 5.12. The van der Waals surface area contributed by atoms with E-state index in [9.17, 15) is 4.79 Å². The summed E-state index contributed by atoms with van der Waals surface area (Å²) < 4.78 is 4.51. The van der Waals surface area contributed by atoms with E-state index < -0.39 is 5.97 Å². The van der Waals surface area contributed by atoms with Gasteiger partial charge in [0.25, 0.3) is 0 Å². The summed E-state index contributed by atoms with van der Waals surface area (Å²) in [6.45, 7) is 3.86. The lowest BCUT2D eigenvalue weighted by atomic mass is 10.2. The fourth-order valence-electron chi connectivity index (χ4n) is 0.798. The maximum absolute atomic E-state index is 11.1. The third kappa shape index (κ3) is 2.95. The van der Waals surface area contributed by atoms with E-state index >= 15 is 0 Å². The Kier molecular flexibility index (Phi) is 4.91. The summed E-state index contributed by atoms with van der Waals surface area (Å²) >= 11 is 0. The van der Waals surface area contributed by atoms with Crippen LogP contribution >= 0.6 is 0 Å². The molecule has 0 amide bonds. The van der Waals surface area contributed by atoms with E-state index in [0.29, 0.717) is 0 Å². The standard InChI is InChI=1S/C8H17N3O2/c1-4-6(2)11(10)7(5-9)8(12)13-3/h5-6H,4,9-10H2,1-3H3/b7-5-. The molecule has 0 aromatic carbocycles. The molecule has 5 nitrogen and oxygen atoms in total. The van der Waals surface area contributed by atoms with Gasteiger partial charge in [0.15, 0.2) is 5.70 Å². The van der Waals surface area contributed by atoms with E-state index in [1.807, 2.05) is 13.8 Å². The van der Waals surface area contributed by atoms with Crippen molar-refractivity contribution in [2.45, 2.75) is 26.3 Å². The predicted octanol–water partition coefficient (Wildman–Crippen LogP) is -0.0663. The van der Waals surface area contributed by atoms with Crippen molar-refractivity contribution < 1.29 is 9.53 Å². The van der Waals surface area contributed by atoms with Crippen LogP contribution in [0.2, 0.25) is 0 Å². The fraction of sp³-hybridized carbons (Fsp3) is 0.625. The lowest BCUT2D eigenvalue weighted by Crippen LogP contribution is -2.41. The zero-order chi connectivity index (χ0) is 10.4. The van der Waals surface area contributed by atoms with Crippen molar-refractivity contribution in [3.63, 3.8) is 0 Å². The third-order valence-electron chi connectivity index (χ3n) is 1.90. The summed E-state index contributed by atoms with van der Waals surface area (Å²) in [5, 5.41) is 1.31. The van der Waals surface area contributed by atoms with Crippen molar-refractivity contribution in [1.29, 1.82) is 0 Å². The van der Waals surface area contributed by atoms with Gasteiger partial charge in [-0.15, -0.1) is 0 Å². The molecule has 0 bridgehead atoms. The number of ether oxygens (including phenoxy) is 1. The van der Waals surface area contributed by atoms with E-state index in [1.165, 1.54) is 12.1 Å². The summed E-state index contributed by atoms with van der Waals surface area (Å²) in [6, 6.07) is 0.0499. The minimum absolute atomic E-state index is 0.0499. The van der Waals surface area contributed by atoms with Gasteiger partial charge in [-0.25, -0.2) is 10.6 Å². The molecule has 4 N–H and O–H groups in total. The van der Waals surface area contributed by atoms with Crippen LogP contribution in [0, 0.1) is 0 Å². The van der Waals surface area contributed by atoms with Crippen molar-refractivity contribution in [3.8, 4) is 0 Å². The number of hydrogen-bond acceptors (Lipinski definition) is 5. The number of carbonyl (C=O) groups is 1. The first kappa shape index (κ1) is 11.8. The SMILES string of the molecule is CCC(C)N(N)/C(=C\N)C(=O)OC. The van der Waals surface area contributed by atoms with Crippen molar-refractivity contribution in [2.75, 3.05) is 7.11 Å². The third-order valence-corrected chi connectivity index (χ3v) is 1.90. The molecule has 0 heterocycles. The summed E-state index contributed by atoms with van der Waals surface area (Å²) in [5.41, 5.74) is 5.44. The minimum atomic E-state index is -0.523. The maximum atomic E-state index is 11.1. The van der Waals surface area contributed by atoms with E-state index in [-0.39, 0.29) is 11.7 Å². The smallest absolute Gasteiger partial charge is 0.357 e. The van der Waals surface area contributed by atoms with Crippen molar-refractivity contribution >= 4 is 5.97 Å². The monoisotopic (exact) mass is 187 g/mol. The molecule has 13 heavy (non-hydrogen) atoms. The zero-order valence-corrected chi connectivity index (χ0v) is 8.28. The van der Waals surface area contributed by atoms with E-state index in [0.717, 1.165) is 12.6 Å². The second-order valence-corrected chi connectivity index (χ2v) is 2.71. The molecular weight excluding hydrogens is 170 g/mol.